The summed E-state index contributed by atoms with van der Waals surface area (Å²) in [6.07, 6.45) is 6.11. The van der Waals surface area contributed by atoms with Gasteiger partial charge in [0.05, 0.1) is 14.2 Å². The zero-order chi connectivity index (χ0) is 15.6. The molecule has 0 bridgehead atoms. The van der Waals surface area contributed by atoms with Gasteiger partial charge in [-0.3, -0.25) is 9.59 Å². The van der Waals surface area contributed by atoms with Gasteiger partial charge in [0.25, 0.3) is 0 Å². The summed E-state index contributed by atoms with van der Waals surface area (Å²) < 4.78 is 9.66. The summed E-state index contributed by atoms with van der Waals surface area (Å²) in [5, 5.41) is 0. The minimum Gasteiger partial charge on any atom is -0.468 e. The molecule has 0 spiro atoms. The van der Waals surface area contributed by atoms with Crippen LogP contribution < -0.4 is 0 Å². The van der Waals surface area contributed by atoms with Gasteiger partial charge < -0.3 is 14.3 Å². The molecular weight excluding hydrogens is 272 g/mol. The number of carbonyl (C=O) groups excluding carboxylic acids is 3. The molecule has 2 aliphatic carbocycles. The van der Waals surface area contributed by atoms with E-state index in [2.05, 4.69) is 0 Å². The highest BCUT2D eigenvalue weighted by atomic mass is 16.5. The van der Waals surface area contributed by atoms with Crippen molar-refractivity contribution < 1.29 is 23.9 Å². The Morgan fingerprint density at radius 3 is 2.43 bits per heavy atom. The predicted molar refractivity (Wildman–Crippen MR) is 75.2 cm³/mol. The number of rotatable bonds is 3. The number of fused-ring (bicyclic) bond motifs is 1. The Hall–Kier alpha value is -1.91. The molecule has 0 aliphatic heterocycles. The maximum Gasteiger partial charge on any atom is 0.323 e. The number of allylic oxidation sites excluding steroid dienone is 4. The SMILES string of the molecule is COC(=O)C1(C(=O)OC)CC2=C(C)[C@H](C=O)CC=C[C@@H]2C1. The zero-order valence-corrected chi connectivity index (χ0v) is 12.5. The molecule has 0 aromatic carbocycles. The summed E-state index contributed by atoms with van der Waals surface area (Å²) in [4.78, 5) is 35.6. The van der Waals surface area contributed by atoms with Crippen LogP contribution in [0.2, 0.25) is 0 Å². The Morgan fingerprint density at radius 2 is 1.90 bits per heavy atom. The molecule has 21 heavy (non-hydrogen) atoms. The highest BCUT2D eigenvalue weighted by Crippen LogP contribution is 2.50. The van der Waals surface area contributed by atoms with E-state index in [4.69, 9.17) is 9.47 Å². The maximum absolute atomic E-state index is 12.2. The Balaban J connectivity index is 2.48. The van der Waals surface area contributed by atoms with E-state index in [1.807, 2.05) is 19.1 Å². The van der Waals surface area contributed by atoms with Gasteiger partial charge in [-0.05, 0) is 32.1 Å². The highest BCUT2D eigenvalue weighted by Gasteiger charge is 2.55. The topological polar surface area (TPSA) is 69.7 Å². The van der Waals surface area contributed by atoms with Crippen molar-refractivity contribution in [3.63, 3.8) is 0 Å². The molecule has 0 unspecified atom stereocenters. The first-order valence-electron chi connectivity index (χ1n) is 6.98. The predicted octanol–water partition coefficient (Wildman–Crippen LogP) is 1.82. The molecule has 2 aliphatic rings. The average Bonchev–Trinajstić information content (AvgIpc) is 2.83. The van der Waals surface area contributed by atoms with Crippen LogP contribution in [0.4, 0.5) is 0 Å². The molecule has 1 fully saturated rings. The third-order valence-corrected chi connectivity index (χ3v) is 4.65. The fourth-order valence-corrected chi connectivity index (χ4v) is 3.39. The Kier molecular flexibility index (Phi) is 4.30. The van der Waals surface area contributed by atoms with Crippen molar-refractivity contribution in [3.8, 4) is 0 Å². The molecule has 2 atom stereocenters. The summed E-state index contributed by atoms with van der Waals surface area (Å²) in [7, 11) is 2.54. The number of hydrogen-bond donors (Lipinski definition) is 0. The average molecular weight is 292 g/mol. The van der Waals surface area contributed by atoms with Crippen molar-refractivity contribution in [2.24, 2.45) is 17.3 Å². The second kappa shape index (κ2) is 5.84. The lowest BCUT2D eigenvalue weighted by Crippen LogP contribution is -2.39. The molecular formula is C16H20O5. The molecule has 0 N–H and O–H groups in total. The first kappa shape index (κ1) is 15.5. The van der Waals surface area contributed by atoms with Crippen molar-refractivity contribution in [1.82, 2.24) is 0 Å². The third-order valence-electron chi connectivity index (χ3n) is 4.65. The van der Waals surface area contributed by atoms with Gasteiger partial charge >= 0.3 is 11.9 Å². The van der Waals surface area contributed by atoms with Crippen molar-refractivity contribution in [2.45, 2.75) is 26.2 Å². The quantitative estimate of drug-likeness (QED) is 0.343. The molecule has 5 nitrogen and oxygen atoms in total. The lowest BCUT2D eigenvalue weighted by Gasteiger charge is -2.22. The van der Waals surface area contributed by atoms with E-state index in [0.717, 1.165) is 17.4 Å². The fraction of sp³-hybridized carbons (Fsp3) is 0.562. The molecule has 5 heteroatoms. The third kappa shape index (κ3) is 2.41. The van der Waals surface area contributed by atoms with Crippen molar-refractivity contribution in [2.75, 3.05) is 14.2 Å². The van der Waals surface area contributed by atoms with Crippen LogP contribution in [-0.2, 0) is 23.9 Å². The van der Waals surface area contributed by atoms with Crippen LogP contribution in [0.5, 0.6) is 0 Å². The van der Waals surface area contributed by atoms with Gasteiger partial charge in [0.1, 0.15) is 6.29 Å². The summed E-state index contributed by atoms with van der Waals surface area (Å²) in [5.41, 5.74) is 0.645. The summed E-state index contributed by atoms with van der Waals surface area (Å²) in [6.45, 7) is 1.90. The van der Waals surface area contributed by atoms with Crippen LogP contribution >= 0.6 is 0 Å². The molecule has 0 heterocycles. The van der Waals surface area contributed by atoms with E-state index in [-0.39, 0.29) is 18.3 Å². The number of methoxy groups -OCH3 is 2. The standard InChI is InChI=1S/C16H20O5/c1-10-12(9-17)6-4-5-11-7-16(8-13(10)11,14(18)20-2)15(19)21-3/h4-5,9,11-12H,6-8H2,1-3H3/t11-,12+/m1/s1. The lowest BCUT2D eigenvalue weighted by molar-refractivity contribution is -0.168. The van der Waals surface area contributed by atoms with E-state index >= 15 is 0 Å². The number of esters is 2. The van der Waals surface area contributed by atoms with Gasteiger partial charge in [-0.25, -0.2) is 0 Å². The van der Waals surface area contributed by atoms with Gasteiger partial charge in [-0.2, -0.15) is 0 Å². The minimum atomic E-state index is -1.29. The normalized spacial score (nSPS) is 26.8. The van der Waals surface area contributed by atoms with Crippen molar-refractivity contribution in [1.29, 1.82) is 0 Å². The largest absolute Gasteiger partial charge is 0.468 e. The monoisotopic (exact) mass is 292 g/mol. The van der Waals surface area contributed by atoms with E-state index in [1.165, 1.54) is 14.2 Å². The first-order chi connectivity index (χ1) is 10.00. The van der Waals surface area contributed by atoms with Gasteiger partial charge in [0, 0.05) is 5.92 Å². The van der Waals surface area contributed by atoms with E-state index in [1.54, 1.807) is 0 Å². The molecule has 0 saturated heterocycles. The van der Waals surface area contributed by atoms with E-state index in [0.29, 0.717) is 12.8 Å². The first-order valence-corrected chi connectivity index (χ1v) is 6.98. The van der Waals surface area contributed by atoms with Gasteiger partial charge in [0.15, 0.2) is 5.41 Å². The van der Waals surface area contributed by atoms with Crippen molar-refractivity contribution in [3.05, 3.63) is 23.3 Å². The molecule has 114 valence electrons. The molecule has 2 rings (SSSR count). The number of ether oxygens (including phenoxy) is 2. The highest BCUT2D eigenvalue weighted by molar-refractivity contribution is 6.01. The summed E-state index contributed by atoms with van der Waals surface area (Å²) in [6, 6.07) is 0. The van der Waals surface area contributed by atoms with Gasteiger partial charge in [0.2, 0.25) is 0 Å². The number of carbonyl (C=O) groups is 3. The van der Waals surface area contributed by atoms with E-state index < -0.39 is 17.4 Å². The molecule has 1 saturated carbocycles. The zero-order valence-electron chi connectivity index (χ0n) is 12.5. The van der Waals surface area contributed by atoms with Crippen LogP contribution in [-0.4, -0.2) is 32.4 Å². The molecule has 0 aromatic heterocycles. The summed E-state index contributed by atoms with van der Waals surface area (Å²) in [5.74, 6) is -1.35. The molecule has 0 aromatic rings. The Labute approximate surface area is 124 Å². The summed E-state index contributed by atoms with van der Waals surface area (Å²) >= 11 is 0. The maximum atomic E-state index is 12.2. The lowest BCUT2D eigenvalue weighted by atomic mass is 9.84. The fourth-order valence-electron chi connectivity index (χ4n) is 3.39. The van der Waals surface area contributed by atoms with Crippen molar-refractivity contribution >= 4 is 18.2 Å². The second-order valence-electron chi connectivity index (χ2n) is 5.67. The van der Waals surface area contributed by atoms with Crippen LogP contribution in [0.3, 0.4) is 0 Å². The smallest absolute Gasteiger partial charge is 0.323 e. The number of aldehydes is 1. The Morgan fingerprint density at radius 1 is 1.29 bits per heavy atom. The Bertz CT molecular complexity index is 513. The second-order valence-corrected chi connectivity index (χ2v) is 5.67. The van der Waals surface area contributed by atoms with Gasteiger partial charge in [-0.1, -0.05) is 23.3 Å². The van der Waals surface area contributed by atoms with Gasteiger partial charge in [-0.15, -0.1) is 0 Å². The van der Waals surface area contributed by atoms with Crippen LogP contribution in [0.25, 0.3) is 0 Å². The van der Waals surface area contributed by atoms with Crippen LogP contribution in [0, 0.1) is 17.3 Å². The molecule has 0 radical (unpaired) electrons. The van der Waals surface area contributed by atoms with Crippen LogP contribution in [0.1, 0.15) is 26.2 Å². The number of hydrogen-bond acceptors (Lipinski definition) is 5. The minimum absolute atomic E-state index is 0.0202. The van der Waals surface area contributed by atoms with Crippen LogP contribution in [0.15, 0.2) is 23.3 Å². The molecule has 0 amide bonds. The van der Waals surface area contributed by atoms with E-state index in [9.17, 15) is 14.4 Å².